The molecule has 0 aliphatic carbocycles. The molecule has 160 valence electrons. The van der Waals surface area contributed by atoms with E-state index in [2.05, 4.69) is 20.3 Å². The van der Waals surface area contributed by atoms with Crippen LogP contribution < -0.4 is 20.1 Å². The maximum atomic E-state index is 12.1. The number of nitrogens with zero attached hydrogens (tertiary/aromatic N) is 1. The van der Waals surface area contributed by atoms with Crippen LogP contribution in [-0.2, 0) is 14.8 Å². The number of rotatable bonds is 12. The Morgan fingerprint density at radius 1 is 1.21 bits per heavy atom. The van der Waals surface area contributed by atoms with Gasteiger partial charge in [-0.15, -0.1) is 11.3 Å². The molecule has 0 atom stereocenters. The highest BCUT2D eigenvalue weighted by atomic mass is 32.2. The summed E-state index contributed by atoms with van der Waals surface area (Å²) in [6.07, 6.45) is 0.819. The number of sulfonamides is 1. The van der Waals surface area contributed by atoms with E-state index in [1.807, 2.05) is 31.2 Å². The molecule has 10 heteroatoms. The second-order valence-electron chi connectivity index (χ2n) is 5.94. The first-order valence-electron chi connectivity index (χ1n) is 9.35. The largest absolute Gasteiger partial charge is 0.493 e. The highest BCUT2D eigenvalue weighted by molar-refractivity contribution is 7.91. The van der Waals surface area contributed by atoms with Crippen molar-refractivity contribution in [2.45, 2.75) is 17.6 Å². The molecule has 1 aromatic heterocycles. The fourth-order valence-corrected chi connectivity index (χ4v) is 4.39. The molecule has 0 fully saturated rings. The molecule has 3 N–H and O–H groups in total. The van der Waals surface area contributed by atoms with Crippen LogP contribution in [0.25, 0.3) is 0 Å². The molecule has 8 nitrogen and oxygen atoms in total. The summed E-state index contributed by atoms with van der Waals surface area (Å²) < 4.78 is 37.8. The zero-order chi connectivity index (χ0) is 21.0. The van der Waals surface area contributed by atoms with Gasteiger partial charge in [-0.1, -0.05) is 12.1 Å². The predicted molar refractivity (Wildman–Crippen MR) is 118 cm³/mol. The summed E-state index contributed by atoms with van der Waals surface area (Å²) in [6, 6.07) is 10.9. The van der Waals surface area contributed by atoms with Gasteiger partial charge in [-0.25, -0.2) is 13.1 Å². The molecule has 0 radical (unpaired) electrons. The highest BCUT2D eigenvalue weighted by Crippen LogP contribution is 2.17. The summed E-state index contributed by atoms with van der Waals surface area (Å²) in [5.41, 5.74) is 0.827. The van der Waals surface area contributed by atoms with Crippen LogP contribution in [0, 0.1) is 0 Å². The van der Waals surface area contributed by atoms with Crippen LogP contribution in [0.4, 0.5) is 5.69 Å². The van der Waals surface area contributed by atoms with Crippen LogP contribution in [0.2, 0.25) is 0 Å². The minimum atomic E-state index is -3.47. The number of aliphatic imine (C=N–C) groups is 1. The smallest absolute Gasteiger partial charge is 0.250 e. The van der Waals surface area contributed by atoms with Crippen molar-refractivity contribution < 1.29 is 17.9 Å². The van der Waals surface area contributed by atoms with E-state index < -0.39 is 10.0 Å². The molecule has 2 aromatic rings. The van der Waals surface area contributed by atoms with Crippen LogP contribution in [0.15, 0.2) is 51.0 Å². The molecule has 0 unspecified atom stereocenters. The van der Waals surface area contributed by atoms with Gasteiger partial charge in [-0.3, -0.25) is 4.99 Å². The van der Waals surface area contributed by atoms with Crippen molar-refractivity contribution in [2.75, 3.05) is 45.3 Å². The van der Waals surface area contributed by atoms with Crippen LogP contribution in [-0.4, -0.2) is 54.3 Å². The Kier molecular flexibility index (Phi) is 9.92. The Hall–Kier alpha value is -2.14. The third-order valence-corrected chi connectivity index (χ3v) is 6.49. The number of benzene rings is 1. The van der Waals surface area contributed by atoms with E-state index in [1.54, 1.807) is 24.6 Å². The first-order chi connectivity index (χ1) is 14.0. The van der Waals surface area contributed by atoms with Gasteiger partial charge in [0.1, 0.15) is 9.96 Å². The Bertz CT molecular complexity index is 855. The number of guanidine groups is 1. The molecule has 0 spiro atoms. The lowest BCUT2D eigenvalue weighted by molar-refractivity contribution is 0.172. The van der Waals surface area contributed by atoms with Crippen molar-refractivity contribution in [3.05, 3.63) is 41.8 Å². The van der Waals surface area contributed by atoms with Gasteiger partial charge in [0.2, 0.25) is 10.0 Å². The number of nitrogens with one attached hydrogen (secondary N) is 3. The predicted octanol–water partition coefficient (Wildman–Crippen LogP) is 2.52. The summed E-state index contributed by atoms with van der Waals surface area (Å²) in [4.78, 5) is 4.42. The average Bonchev–Trinajstić information content (AvgIpc) is 3.25. The number of ether oxygens (including phenoxy) is 2. The summed E-state index contributed by atoms with van der Waals surface area (Å²) in [5, 5.41) is 8.08. The molecular formula is C19H28N4O4S2. The number of hydrogen-bond donors (Lipinski definition) is 3. The van der Waals surface area contributed by atoms with E-state index >= 15 is 0 Å². The maximum absolute atomic E-state index is 12.1. The van der Waals surface area contributed by atoms with Gasteiger partial charge in [0.15, 0.2) is 5.96 Å². The lowest BCUT2D eigenvalue weighted by Crippen LogP contribution is -2.32. The minimum absolute atomic E-state index is 0.208. The van der Waals surface area contributed by atoms with Crippen molar-refractivity contribution >= 4 is 33.0 Å². The fourth-order valence-electron chi connectivity index (χ4n) is 2.34. The summed E-state index contributed by atoms with van der Waals surface area (Å²) >= 11 is 1.18. The SMILES string of the molecule is CCNC(=NCCNS(=O)(=O)c1cccs1)Nc1cccc(OCCCOC)c1. The van der Waals surface area contributed by atoms with E-state index in [4.69, 9.17) is 9.47 Å². The molecular weight excluding hydrogens is 412 g/mol. The lowest BCUT2D eigenvalue weighted by Gasteiger charge is -2.13. The standard InChI is InChI=1S/C19H28N4O4S2/c1-3-20-19(21-10-11-22-29(24,25)18-9-5-14-28-18)23-16-7-4-8-17(15-16)27-13-6-12-26-2/h4-5,7-9,14-15,22H,3,6,10-13H2,1-2H3,(H2,20,21,23). The van der Waals surface area contributed by atoms with E-state index in [0.717, 1.165) is 17.9 Å². The Morgan fingerprint density at radius 3 is 2.79 bits per heavy atom. The van der Waals surface area contributed by atoms with Gasteiger partial charge < -0.3 is 20.1 Å². The van der Waals surface area contributed by atoms with Gasteiger partial charge >= 0.3 is 0 Å². The second kappa shape index (κ2) is 12.4. The first kappa shape index (κ1) is 23.1. The third-order valence-electron chi connectivity index (χ3n) is 3.64. The molecule has 0 saturated heterocycles. The minimum Gasteiger partial charge on any atom is -0.493 e. The van der Waals surface area contributed by atoms with Gasteiger partial charge in [-0.05, 0) is 30.5 Å². The molecule has 29 heavy (non-hydrogen) atoms. The zero-order valence-corrected chi connectivity index (χ0v) is 18.3. The maximum Gasteiger partial charge on any atom is 0.250 e. The Labute approximate surface area is 176 Å². The van der Waals surface area contributed by atoms with Crippen molar-refractivity contribution in [3.8, 4) is 5.75 Å². The number of hydrogen-bond acceptors (Lipinski definition) is 6. The van der Waals surface area contributed by atoms with Crippen LogP contribution in [0.1, 0.15) is 13.3 Å². The van der Waals surface area contributed by atoms with Crippen LogP contribution in [0.3, 0.4) is 0 Å². The molecule has 0 amide bonds. The summed E-state index contributed by atoms with van der Waals surface area (Å²) in [6.45, 7) is 4.39. The molecule has 0 saturated carbocycles. The fraction of sp³-hybridized carbons (Fsp3) is 0.421. The Morgan fingerprint density at radius 2 is 2.07 bits per heavy atom. The highest BCUT2D eigenvalue weighted by Gasteiger charge is 2.13. The first-order valence-corrected chi connectivity index (χ1v) is 11.7. The summed E-state index contributed by atoms with van der Waals surface area (Å²) in [5.74, 6) is 1.32. The van der Waals surface area contributed by atoms with Crippen LogP contribution >= 0.6 is 11.3 Å². The third kappa shape index (κ3) is 8.40. The molecule has 2 rings (SSSR count). The van der Waals surface area contributed by atoms with Crippen LogP contribution in [0.5, 0.6) is 5.75 Å². The molecule has 0 aliphatic heterocycles. The number of methoxy groups -OCH3 is 1. The average molecular weight is 441 g/mol. The van der Waals surface area contributed by atoms with Gasteiger partial charge in [-0.2, -0.15) is 0 Å². The normalized spacial score (nSPS) is 12.0. The van der Waals surface area contributed by atoms with Gasteiger partial charge in [0, 0.05) is 45.0 Å². The number of anilines is 1. The summed E-state index contributed by atoms with van der Waals surface area (Å²) in [7, 11) is -1.81. The second-order valence-corrected chi connectivity index (χ2v) is 8.88. The van der Waals surface area contributed by atoms with Gasteiger partial charge in [0.25, 0.3) is 0 Å². The molecule has 0 aliphatic rings. The van der Waals surface area contributed by atoms with Gasteiger partial charge in [0.05, 0.1) is 13.2 Å². The monoisotopic (exact) mass is 440 g/mol. The van der Waals surface area contributed by atoms with Crippen molar-refractivity contribution in [1.82, 2.24) is 10.0 Å². The molecule has 1 aromatic carbocycles. The van der Waals surface area contributed by atoms with E-state index in [1.165, 1.54) is 11.3 Å². The van der Waals surface area contributed by atoms with E-state index in [9.17, 15) is 8.42 Å². The van der Waals surface area contributed by atoms with E-state index in [-0.39, 0.29) is 6.54 Å². The molecule has 1 heterocycles. The Balaban J connectivity index is 1.88. The lowest BCUT2D eigenvalue weighted by atomic mass is 10.3. The van der Waals surface area contributed by atoms with Crippen molar-refractivity contribution in [1.29, 1.82) is 0 Å². The van der Waals surface area contributed by atoms with Crippen molar-refractivity contribution in [3.63, 3.8) is 0 Å². The zero-order valence-electron chi connectivity index (χ0n) is 16.7. The van der Waals surface area contributed by atoms with E-state index in [0.29, 0.717) is 36.5 Å². The number of thiophene rings is 1. The van der Waals surface area contributed by atoms with Crippen molar-refractivity contribution in [2.24, 2.45) is 4.99 Å². The topological polar surface area (TPSA) is 101 Å². The quantitative estimate of drug-likeness (QED) is 0.266. The molecule has 0 bridgehead atoms.